The Kier molecular flexibility index (Phi) is 6.39. The second kappa shape index (κ2) is 8.77. The van der Waals surface area contributed by atoms with Gasteiger partial charge < -0.3 is 4.74 Å². The quantitative estimate of drug-likeness (QED) is 0.329. The number of fused-ring (bicyclic) bond motifs is 1. The maximum atomic E-state index is 11.8. The maximum Gasteiger partial charge on any atom is 0.338 e. The van der Waals surface area contributed by atoms with Crippen molar-refractivity contribution in [2.75, 3.05) is 6.61 Å². The second-order valence-corrected chi connectivity index (χ2v) is 8.32. The molecule has 148 valence electrons. The predicted octanol–water partition coefficient (Wildman–Crippen LogP) is 6.72. The van der Waals surface area contributed by atoms with Gasteiger partial charge in [0.15, 0.2) is 0 Å². The van der Waals surface area contributed by atoms with Crippen molar-refractivity contribution in [2.24, 2.45) is 5.41 Å². The van der Waals surface area contributed by atoms with Gasteiger partial charge in [0.2, 0.25) is 0 Å². The maximum absolute atomic E-state index is 11.8. The van der Waals surface area contributed by atoms with Gasteiger partial charge in [0, 0.05) is 0 Å². The third-order valence-electron chi connectivity index (χ3n) is 6.32. The zero-order valence-corrected chi connectivity index (χ0v) is 17.7. The molecular weight excluding hydrogens is 344 g/mol. The van der Waals surface area contributed by atoms with Crippen molar-refractivity contribution in [2.45, 2.75) is 59.8 Å². The van der Waals surface area contributed by atoms with E-state index in [9.17, 15) is 4.79 Å². The Morgan fingerprint density at radius 1 is 1.00 bits per heavy atom. The molecule has 0 aliphatic heterocycles. The summed E-state index contributed by atoms with van der Waals surface area (Å²) >= 11 is 0. The highest BCUT2D eigenvalue weighted by atomic mass is 16.5. The molecule has 0 saturated carbocycles. The number of allylic oxidation sites excluding steroid dienone is 1. The summed E-state index contributed by atoms with van der Waals surface area (Å²) in [7, 11) is 0. The van der Waals surface area contributed by atoms with Gasteiger partial charge in [-0.1, -0.05) is 56.7 Å². The molecule has 0 N–H and O–H groups in total. The minimum absolute atomic E-state index is 0.264. The molecule has 0 heterocycles. The molecule has 1 aliphatic rings. The molecule has 2 nitrogen and oxygen atoms in total. The summed E-state index contributed by atoms with van der Waals surface area (Å²) in [4.78, 5) is 11.8. The lowest BCUT2D eigenvalue weighted by molar-refractivity contribution is 0.0526. The Morgan fingerprint density at radius 3 is 2.29 bits per heavy atom. The van der Waals surface area contributed by atoms with E-state index in [-0.39, 0.29) is 5.97 Å². The Bertz CT molecular complexity index is 861. The monoisotopic (exact) mass is 376 g/mol. The molecule has 0 bridgehead atoms. The summed E-state index contributed by atoms with van der Waals surface area (Å²) in [5.41, 5.74) is 7.74. The second-order valence-electron chi connectivity index (χ2n) is 8.32. The van der Waals surface area contributed by atoms with Crippen molar-refractivity contribution in [1.29, 1.82) is 0 Å². The zero-order chi connectivity index (χ0) is 20.1. The fraction of sp³-hybridized carbons (Fsp3) is 0.423. The molecule has 2 aromatic carbocycles. The molecule has 0 fully saturated rings. The van der Waals surface area contributed by atoms with Crippen molar-refractivity contribution < 1.29 is 9.53 Å². The van der Waals surface area contributed by atoms with Gasteiger partial charge in [-0.3, -0.25) is 0 Å². The lowest BCUT2D eigenvalue weighted by Crippen LogP contribution is -2.14. The van der Waals surface area contributed by atoms with Crippen LogP contribution < -0.4 is 0 Å². The first-order valence-corrected chi connectivity index (χ1v) is 10.5. The average molecular weight is 377 g/mol. The first kappa shape index (κ1) is 20.4. The van der Waals surface area contributed by atoms with Crippen molar-refractivity contribution in [3.05, 3.63) is 70.3 Å². The molecule has 28 heavy (non-hydrogen) atoms. The van der Waals surface area contributed by atoms with Crippen molar-refractivity contribution >= 4 is 17.6 Å². The topological polar surface area (TPSA) is 26.3 Å². The molecular formula is C26H32O2. The highest BCUT2D eigenvalue weighted by molar-refractivity contribution is 5.90. The molecule has 0 saturated heterocycles. The van der Waals surface area contributed by atoms with Crippen molar-refractivity contribution in [3.63, 3.8) is 0 Å². The summed E-state index contributed by atoms with van der Waals surface area (Å²) in [6.07, 6.45) is 8.38. The van der Waals surface area contributed by atoms with Gasteiger partial charge in [-0.2, -0.15) is 0 Å². The molecule has 0 spiro atoms. The molecule has 2 heteroatoms. The summed E-state index contributed by atoms with van der Waals surface area (Å²) in [6.45, 7) is 9.14. The first-order chi connectivity index (χ1) is 13.4. The van der Waals surface area contributed by atoms with Crippen molar-refractivity contribution in [3.8, 4) is 0 Å². The number of ether oxygens (including phenoxy) is 1. The molecule has 3 rings (SSSR count). The van der Waals surface area contributed by atoms with Gasteiger partial charge in [-0.25, -0.2) is 4.79 Å². The van der Waals surface area contributed by atoms with Crippen LogP contribution in [0, 0.1) is 5.41 Å². The largest absolute Gasteiger partial charge is 0.462 e. The highest BCUT2D eigenvalue weighted by Crippen LogP contribution is 2.37. The number of rotatable bonds is 5. The van der Waals surface area contributed by atoms with Gasteiger partial charge in [0.05, 0.1) is 12.2 Å². The molecule has 0 radical (unpaired) electrons. The minimum atomic E-state index is -0.264. The van der Waals surface area contributed by atoms with E-state index in [1.165, 1.54) is 54.4 Å². The summed E-state index contributed by atoms with van der Waals surface area (Å²) in [5.74, 6) is -0.264. The van der Waals surface area contributed by atoms with Crippen LogP contribution in [0.25, 0.3) is 11.6 Å². The van der Waals surface area contributed by atoms with E-state index in [1.54, 1.807) is 0 Å². The molecule has 1 unspecified atom stereocenters. The van der Waals surface area contributed by atoms with Crippen LogP contribution >= 0.6 is 0 Å². The number of carbonyl (C=O) groups excluding carboxylic acids is 1. The number of benzene rings is 2. The van der Waals surface area contributed by atoms with E-state index < -0.39 is 0 Å². The minimum Gasteiger partial charge on any atom is -0.462 e. The van der Waals surface area contributed by atoms with Gasteiger partial charge in [0.1, 0.15) is 0 Å². The van der Waals surface area contributed by atoms with Crippen LogP contribution in [0.4, 0.5) is 0 Å². The van der Waals surface area contributed by atoms with Crippen LogP contribution in [0.3, 0.4) is 0 Å². The Labute approximate surface area is 169 Å². The third-order valence-corrected chi connectivity index (χ3v) is 6.32. The molecule has 1 atom stereocenters. The summed E-state index contributed by atoms with van der Waals surface area (Å²) in [6, 6.07) is 14.6. The smallest absolute Gasteiger partial charge is 0.338 e. The molecule has 1 aliphatic carbocycles. The average Bonchev–Trinajstić information content (AvgIpc) is 2.88. The zero-order valence-electron chi connectivity index (χ0n) is 17.7. The van der Waals surface area contributed by atoms with E-state index in [4.69, 9.17) is 4.74 Å². The SMILES string of the molecule is CCOC(=O)c1ccc(C=C(C)c2ccc3c(c2)CCC(C)(CC)CC3)cc1. The van der Waals surface area contributed by atoms with Gasteiger partial charge >= 0.3 is 5.97 Å². The standard InChI is InChI=1S/C26H32O2/c1-5-26(4)15-13-21-11-12-23(18-24(21)14-16-26)19(3)17-20-7-9-22(10-8-20)25(27)28-6-2/h7-12,17-18H,5-6,13-16H2,1-4H3. The van der Waals surface area contributed by atoms with E-state index in [0.29, 0.717) is 17.6 Å². The third kappa shape index (κ3) is 4.73. The fourth-order valence-corrected chi connectivity index (χ4v) is 3.96. The normalized spacial score (nSPS) is 19.6. The Hall–Kier alpha value is -2.35. The van der Waals surface area contributed by atoms with Crippen LogP contribution in [-0.2, 0) is 17.6 Å². The summed E-state index contributed by atoms with van der Waals surface area (Å²) < 4.78 is 5.05. The number of hydrogen-bond acceptors (Lipinski definition) is 2. The fourth-order valence-electron chi connectivity index (χ4n) is 3.96. The van der Waals surface area contributed by atoms with Crippen LogP contribution in [0.5, 0.6) is 0 Å². The van der Waals surface area contributed by atoms with E-state index in [1.807, 2.05) is 31.2 Å². The van der Waals surface area contributed by atoms with Crippen molar-refractivity contribution in [1.82, 2.24) is 0 Å². The number of hydrogen-bond donors (Lipinski definition) is 0. The van der Waals surface area contributed by atoms with E-state index in [0.717, 1.165) is 5.56 Å². The van der Waals surface area contributed by atoms with Gasteiger partial charge in [-0.05, 0) is 84.9 Å². The Balaban J connectivity index is 1.78. The summed E-state index contributed by atoms with van der Waals surface area (Å²) in [5, 5.41) is 0. The number of carbonyl (C=O) groups is 1. The van der Waals surface area contributed by atoms with Crippen LogP contribution in [0.1, 0.15) is 79.6 Å². The lowest BCUT2D eigenvalue weighted by Gasteiger charge is -2.25. The molecule has 0 aromatic heterocycles. The molecule has 2 aromatic rings. The molecule has 0 amide bonds. The van der Waals surface area contributed by atoms with Crippen LogP contribution in [0.15, 0.2) is 42.5 Å². The van der Waals surface area contributed by atoms with E-state index >= 15 is 0 Å². The predicted molar refractivity (Wildman–Crippen MR) is 117 cm³/mol. The number of esters is 1. The van der Waals surface area contributed by atoms with Crippen LogP contribution in [0.2, 0.25) is 0 Å². The Morgan fingerprint density at radius 2 is 1.64 bits per heavy atom. The van der Waals surface area contributed by atoms with E-state index in [2.05, 4.69) is 45.0 Å². The lowest BCUT2D eigenvalue weighted by atomic mass is 9.80. The van der Waals surface area contributed by atoms with Gasteiger partial charge in [0.25, 0.3) is 0 Å². The van der Waals surface area contributed by atoms with Gasteiger partial charge in [-0.15, -0.1) is 0 Å². The highest BCUT2D eigenvalue weighted by Gasteiger charge is 2.25. The number of aryl methyl sites for hydroxylation is 2. The first-order valence-electron chi connectivity index (χ1n) is 10.5. The van der Waals surface area contributed by atoms with Crippen LogP contribution in [-0.4, -0.2) is 12.6 Å².